The fraction of sp³-hybridized carbons (Fsp3) is 0.269. The van der Waals surface area contributed by atoms with Gasteiger partial charge in [0.15, 0.2) is 0 Å². The topological polar surface area (TPSA) is 64.0 Å². The number of aryl methyl sites for hydroxylation is 2. The van der Waals surface area contributed by atoms with Crippen LogP contribution in [0.4, 0.5) is 11.4 Å². The zero-order chi connectivity index (χ0) is 22.2. The van der Waals surface area contributed by atoms with E-state index in [-0.39, 0.29) is 11.3 Å². The maximum Gasteiger partial charge on any atom is 0.339 e. The second kappa shape index (κ2) is 10.6. The number of hydrogen-bond acceptors (Lipinski definition) is 4. The van der Waals surface area contributed by atoms with E-state index in [0.29, 0.717) is 0 Å². The largest absolute Gasteiger partial charge is 0.507 e. The van der Waals surface area contributed by atoms with E-state index in [2.05, 4.69) is 72.4 Å². The Kier molecular flexibility index (Phi) is 7.68. The molecule has 3 aromatic carbocycles. The lowest BCUT2D eigenvalue weighted by atomic mass is 10.0. The van der Waals surface area contributed by atoms with Gasteiger partial charge in [0.1, 0.15) is 11.3 Å². The molecule has 0 unspecified atom stereocenters. The predicted octanol–water partition coefficient (Wildman–Crippen LogP) is 4.97. The molecule has 31 heavy (non-hydrogen) atoms. The van der Waals surface area contributed by atoms with Gasteiger partial charge in [-0.1, -0.05) is 48.5 Å². The van der Waals surface area contributed by atoms with Crippen LogP contribution in [0.3, 0.4) is 0 Å². The third-order valence-electron chi connectivity index (χ3n) is 5.35. The first-order valence-corrected chi connectivity index (χ1v) is 10.6. The van der Waals surface area contributed by atoms with Crippen molar-refractivity contribution in [1.29, 1.82) is 0 Å². The molecule has 5 heteroatoms. The van der Waals surface area contributed by atoms with Crippen LogP contribution >= 0.6 is 0 Å². The minimum atomic E-state index is -1.11. The molecule has 3 aromatic rings. The summed E-state index contributed by atoms with van der Waals surface area (Å²) in [4.78, 5) is 15.0. The molecule has 0 atom stereocenters. The molecular formula is C26H30N2O3. The van der Waals surface area contributed by atoms with Gasteiger partial charge in [0.25, 0.3) is 0 Å². The Labute approximate surface area is 184 Å². The number of anilines is 2. The molecule has 1 heterocycles. The smallest absolute Gasteiger partial charge is 0.339 e. The zero-order valence-electron chi connectivity index (χ0n) is 18.2. The van der Waals surface area contributed by atoms with E-state index in [1.54, 1.807) is 12.1 Å². The molecule has 1 aliphatic rings. The van der Waals surface area contributed by atoms with Gasteiger partial charge in [-0.25, -0.2) is 4.79 Å². The molecule has 2 N–H and O–H groups in total. The molecule has 0 fully saturated rings. The summed E-state index contributed by atoms with van der Waals surface area (Å²) in [5, 5.41) is 17.3. The molecule has 0 amide bonds. The Balaban J connectivity index is 0.000000229. The fourth-order valence-electron chi connectivity index (χ4n) is 3.81. The molecule has 1 aliphatic heterocycles. The average Bonchev–Trinajstić information content (AvgIpc) is 2.92. The van der Waals surface area contributed by atoms with Crippen LogP contribution in [0.1, 0.15) is 27.9 Å². The van der Waals surface area contributed by atoms with Gasteiger partial charge in [-0.05, 0) is 75.3 Å². The van der Waals surface area contributed by atoms with Crippen molar-refractivity contribution in [2.75, 3.05) is 32.1 Å². The summed E-state index contributed by atoms with van der Waals surface area (Å²) in [6.07, 6.45) is 3.45. The lowest BCUT2D eigenvalue weighted by molar-refractivity contribution is 0.0693. The van der Waals surface area contributed by atoms with Gasteiger partial charge in [0.2, 0.25) is 0 Å². The Morgan fingerprint density at radius 1 is 0.871 bits per heavy atom. The number of hydrogen-bond donors (Lipinski definition) is 2. The third kappa shape index (κ3) is 5.86. The van der Waals surface area contributed by atoms with E-state index >= 15 is 0 Å². The van der Waals surface area contributed by atoms with E-state index in [1.807, 2.05) is 0 Å². The number of carboxylic acid groups (broad SMARTS) is 1. The highest BCUT2D eigenvalue weighted by molar-refractivity contribution is 5.90. The van der Waals surface area contributed by atoms with Crippen molar-refractivity contribution in [1.82, 2.24) is 4.90 Å². The van der Waals surface area contributed by atoms with Gasteiger partial charge in [0.05, 0.1) is 0 Å². The number of aromatic hydroxyl groups is 1. The summed E-state index contributed by atoms with van der Waals surface area (Å²) in [5.41, 5.74) is 5.65. The van der Waals surface area contributed by atoms with Crippen LogP contribution in [0, 0.1) is 0 Å². The van der Waals surface area contributed by atoms with Gasteiger partial charge in [-0.3, -0.25) is 0 Å². The summed E-state index contributed by atoms with van der Waals surface area (Å²) in [6, 6.07) is 23.5. The second-order valence-corrected chi connectivity index (χ2v) is 7.89. The number of rotatable bonds is 5. The summed E-state index contributed by atoms with van der Waals surface area (Å²) in [6.45, 7) is 2.20. The van der Waals surface area contributed by atoms with E-state index < -0.39 is 5.97 Å². The standard InChI is InChI=1S/C19H24N2.C7H6O3/c1-20(2)14-7-15-21-18-10-5-3-8-16(18)12-13-17-9-4-6-11-19(17)21;8-6-4-2-1-3-5(6)7(9)10/h3-6,8-11H,7,12-15H2,1-2H3;1-4,8H,(H,9,10). The number of nitrogens with zero attached hydrogens (tertiary/aromatic N) is 2. The number of benzene rings is 3. The monoisotopic (exact) mass is 418 g/mol. The van der Waals surface area contributed by atoms with Crippen molar-refractivity contribution in [2.24, 2.45) is 0 Å². The van der Waals surface area contributed by atoms with Gasteiger partial charge >= 0.3 is 5.97 Å². The van der Waals surface area contributed by atoms with Gasteiger partial charge < -0.3 is 20.0 Å². The maximum absolute atomic E-state index is 10.3. The van der Waals surface area contributed by atoms with E-state index in [0.717, 1.165) is 25.9 Å². The highest BCUT2D eigenvalue weighted by Gasteiger charge is 2.19. The normalized spacial score (nSPS) is 12.3. The van der Waals surface area contributed by atoms with Gasteiger partial charge in [0, 0.05) is 17.9 Å². The predicted molar refractivity (Wildman–Crippen MR) is 126 cm³/mol. The Morgan fingerprint density at radius 2 is 1.39 bits per heavy atom. The Morgan fingerprint density at radius 3 is 1.87 bits per heavy atom. The van der Waals surface area contributed by atoms with E-state index in [9.17, 15) is 4.79 Å². The van der Waals surface area contributed by atoms with Crippen LogP contribution in [0.5, 0.6) is 5.75 Å². The quantitative estimate of drug-likeness (QED) is 0.613. The lowest BCUT2D eigenvalue weighted by Crippen LogP contribution is -2.23. The van der Waals surface area contributed by atoms with Gasteiger partial charge in [-0.2, -0.15) is 0 Å². The van der Waals surface area contributed by atoms with Gasteiger partial charge in [-0.15, -0.1) is 0 Å². The molecule has 162 valence electrons. The molecule has 0 aliphatic carbocycles. The first-order chi connectivity index (χ1) is 15.0. The molecule has 4 rings (SSSR count). The molecule has 0 radical (unpaired) electrons. The SMILES string of the molecule is CN(C)CCCN1c2ccccc2CCc2ccccc21.O=C(O)c1ccccc1O. The van der Waals surface area contributed by atoms with Crippen molar-refractivity contribution in [3.05, 3.63) is 89.5 Å². The van der Waals surface area contributed by atoms with Crippen molar-refractivity contribution in [3.8, 4) is 5.75 Å². The van der Waals surface area contributed by atoms with Crippen molar-refractivity contribution < 1.29 is 15.0 Å². The molecule has 0 bridgehead atoms. The van der Waals surface area contributed by atoms with Crippen LogP contribution in [0.15, 0.2) is 72.8 Å². The van der Waals surface area contributed by atoms with Crippen molar-refractivity contribution in [2.45, 2.75) is 19.3 Å². The maximum atomic E-state index is 10.3. The first-order valence-electron chi connectivity index (χ1n) is 10.6. The van der Waals surface area contributed by atoms with Crippen LogP contribution < -0.4 is 4.90 Å². The summed E-state index contributed by atoms with van der Waals surface area (Å²) < 4.78 is 0. The highest BCUT2D eigenvalue weighted by atomic mass is 16.4. The van der Waals surface area contributed by atoms with Crippen LogP contribution in [-0.4, -0.2) is 48.3 Å². The lowest BCUT2D eigenvalue weighted by Gasteiger charge is -2.27. The summed E-state index contributed by atoms with van der Waals surface area (Å²) >= 11 is 0. The number of aromatic carboxylic acids is 1. The molecule has 0 saturated heterocycles. The first kappa shape index (κ1) is 22.4. The molecule has 0 spiro atoms. The number of para-hydroxylation sites is 3. The van der Waals surface area contributed by atoms with E-state index in [4.69, 9.17) is 10.2 Å². The minimum Gasteiger partial charge on any atom is -0.507 e. The number of carbonyl (C=O) groups is 1. The third-order valence-corrected chi connectivity index (χ3v) is 5.35. The zero-order valence-corrected chi connectivity index (χ0v) is 18.2. The fourth-order valence-corrected chi connectivity index (χ4v) is 3.81. The molecule has 0 aromatic heterocycles. The average molecular weight is 419 g/mol. The highest BCUT2D eigenvalue weighted by Crippen LogP contribution is 2.35. The Hall–Kier alpha value is -3.31. The van der Waals surface area contributed by atoms with Crippen LogP contribution in [0.2, 0.25) is 0 Å². The van der Waals surface area contributed by atoms with Crippen molar-refractivity contribution in [3.63, 3.8) is 0 Å². The summed E-state index contributed by atoms with van der Waals surface area (Å²) in [7, 11) is 4.29. The van der Waals surface area contributed by atoms with Crippen LogP contribution in [-0.2, 0) is 12.8 Å². The molecule has 0 saturated carbocycles. The number of fused-ring (bicyclic) bond motifs is 2. The second-order valence-electron chi connectivity index (χ2n) is 7.89. The van der Waals surface area contributed by atoms with Crippen LogP contribution in [0.25, 0.3) is 0 Å². The Bertz CT molecular complexity index is 969. The number of carboxylic acids is 1. The van der Waals surface area contributed by atoms with E-state index in [1.165, 1.54) is 41.1 Å². The minimum absolute atomic E-state index is 0.0671. The van der Waals surface area contributed by atoms with Crippen molar-refractivity contribution >= 4 is 17.3 Å². The number of phenols is 1. The summed E-state index contributed by atoms with van der Waals surface area (Å²) in [5.74, 6) is -1.31. The molecule has 5 nitrogen and oxygen atoms in total. The molecular weight excluding hydrogens is 388 g/mol.